The first-order chi connectivity index (χ1) is 11.1. The molecule has 1 atom stereocenters. The van der Waals surface area contributed by atoms with Crippen molar-refractivity contribution in [2.45, 2.75) is 53.1 Å². The molecule has 0 aliphatic carbocycles. The third kappa shape index (κ3) is 3.87. The molecule has 24 heavy (non-hydrogen) atoms. The normalized spacial score (nSPS) is 13.8. The van der Waals surface area contributed by atoms with E-state index in [4.69, 9.17) is 4.42 Å². The molecule has 2 heterocycles. The lowest BCUT2D eigenvalue weighted by molar-refractivity contribution is -0.122. The second-order valence-electron chi connectivity index (χ2n) is 6.65. The van der Waals surface area contributed by atoms with Crippen molar-refractivity contribution in [3.63, 3.8) is 0 Å². The van der Waals surface area contributed by atoms with Crippen LogP contribution < -0.4 is 5.32 Å². The smallest absolute Gasteiger partial charge is 0.220 e. The van der Waals surface area contributed by atoms with Crippen LogP contribution in [0, 0.1) is 27.7 Å². The Morgan fingerprint density at radius 3 is 2.54 bits per heavy atom. The zero-order valence-corrected chi connectivity index (χ0v) is 15.4. The molecular formula is C18H27N3O3. The van der Waals surface area contributed by atoms with Gasteiger partial charge in [-0.1, -0.05) is 0 Å². The van der Waals surface area contributed by atoms with E-state index in [0.717, 1.165) is 22.7 Å². The minimum absolute atomic E-state index is 0.0872. The molecule has 0 bridgehead atoms. The largest absolute Gasteiger partial charge is 0.466 e. The van der Waals surface area contributed by atoms with Crippen molar-refractivity contribution in [1.29, 1.82) is 0 Å². The number of furan rings is 1. The van der Waals surface area contributed by atoms with Gasteiger partial charge < -0.3 is 14.8 Å². The van der Waals surface area contributed by atoms with Crippen LogP contribution in [0.2, 0.25) is 0 Å². The predicted octanol–water partition coefficient (Wildman–Crippen LogP) is 2.20. The van der Waals surface area contributed by atoms with Crippen LogP contribution in [0.5, 0.6) is 0 Å². The Bertz CT molecular complexity index is 741. The van der Waals surface area contributed by atoms with E-state index in [2.05, 4.69) is 10.4 Å². The van der Waals surface area contributed by atoms with Crippen LogP contribution in [-0.4, -0.2) is 27.3 Å². The van der Waals surface area contributed by atoms with E-state index < -0.39 is 5.60 Å². The van der Waals surface area contributed by atoms with Gasteiger partial charge >= 0.3 is 0 Å². The number of hydrogen-bond acceptors (Lipinski definition) is 4. The Balaban J connectivity index is 1.92. The van der Waals surface area contributed by atoms with Gasteiger partial charge in [-0.3, -0.25) is 9.48 Å². The summed E-state index contributed by atoms with van der Waals surface area (Å²) in [6.45, 7) is 9.43. The van der Waals surface area contributed by atoms with E-state index >= 15 is 0 Å². The standard InChI is InChI=1S/C18H27N3O3/c1-11-9-16(14(4)24-11)18(5,23)10-19-17(22)8-7-15-12(2)20-21(6)13(15)3/h9,23H,7-8,10H2,1-6H3,(H,19,22). The molecule has 1 unspecified atom stereocenters. The fourth-order valence-electron chi connectivity index (χ4n) is 3.04. The molecule has 0 aliphatic heterocycles. The number of amides is 1. The van der Waals surface area contributed by atoms with Gasteiger partial charge in [0.1, 0.15) is 17.1 Å². The number of aryl methyl sites for hydroxylation is 4. The summed E-state index contributed by atoms with van der Waals surface area (Å²) in [5, 5.41) is 17.8. The first kappa shape index (κ1) is 18.3. The number of hydrogen-bond donors (Lipinski definition) is 2. The molecule has 0 radical (unpaired) electrons. The molecule has 2 N–H and O–H groups in total. The number of carbonyl (C=O) groups excluding carboxylic acids is 1. The van der Waals surface area contributed by atoms with E-state index in [9.17, 15) is 9.90 Å². The molecule has 6 nitrogen and oxygen atoms in total. The Morgan fingerprint density at radius 2 is 2.04 bits per heavy atom. The Kier molecular flexibility index (Phi) is 5.18. The van der Waals surface area contributed by atoms with Crippen LogP contribution >= 0.6 is 0 Å². The molecule has 0 fully saturated rings. The molecule has 2 aromatic rings. The maximum atomic E-state index is 12.1. The van der Waals surface area contributed by atoms with Crippen LogP contribution in [0.1, 0.15) is 47.4 Å². The lowest BCUT2D eigenvalue weighted by atomic mass is 9.96. The summed E-state index contributed by atoms with van der Waals surface area (Å²) in [6, 6.07) is 1.81. The van der Waals surface area contributed by atoms with Gasteiger partial charge in [0.05, 0.1) is 12.2 Å². The quantitative estimate of drug-likeness (QED) is 0.849. The summed E-state index contributed by atoms with van der Waals surface area (Å²) in [5.41, 5.74) is 2.70. The Hall–Kier alpha value is -2.08. The topological polar surface area (TPSA) is 80.3 Å². The van der Waals surface area contributed by atoms with Gasteiger partial charge in [-0.05, 0) is 52.7 Å². The fourth-order valence-corrected chi connectivity index (χ4v) is 3.04. The molecule has 132 valence electrons. The maximum absolute atomic E-state index is 12.1. The minimum Gasteiger partial charge on any atom is -0.466 e. The zero-order chi connectivity index (χ0) is 18.1. The molecule has 6 heteroatoms. The summed E-state index contributed by atoms with van der Waals surface area (Å²) >= 11 is 0. The number of nitrogens with one attached hydrogen (secondary N) is 1. The van der Waals surface area contributed by atoms with Crippen molar-refractivity contribution in [2.75, 3.05) is 6.54 Å². The summed E-state index contributed by atoms with van der Waals surface area (Å²) in [4.78, 5) is 12.1. The zero-order valence-electron chi connectivity index (χ0n) is 15.4. The van der Waals surface area contributed by atoms with Crippen molar-refractivity contribution in [3.8, 4) is 0 Å². The van der Waals surface area contributed by atoms with Crippen molar-refractivity contribution < 1.29 is 14.3 Å². The third-order valence-electron chi connectivity index (χ3n) is 4.51. The molecule has 2 rings (SSSR count). The maximum Gasteiger partial charge on any atom is 0.220 e. The molecule has 0 saturated heterocycles. The molecule has 0 aliphatic rings. The van der Waals surface area contributed by atoms with Gasteiger partial charge in [-0.15, -0.1) is 0 Å². The molecule has 2 aromatic heterocycles. The first-order valence-electron chi connectivity index (χ1n) is 8.17. The summed E-state index contributed by atoms with van der Waals surface area (Å²) in [6.07, 6.45) is 1.01. The van der Waals surface area contributed by atoms with E-state index in [-0.39, 0.29) is 12.5 Å². The van der Waals surface area contributed by atoms with Gasteiger partial charge in [0.25, 0.3) is 0 Å². The lowest BCUT2D eigenvalue weighted by Crippen LogP contribution is -2.38. The SMILES string of the molecule is Cc1cc(C(C)(O)CNC(=O)CCc2c(C)nn(C)c2C)c(C)o1. The summed E-state index contributed by atoms with van der Waals surface area (Å²) in [5.74, 6) is 1.33. The average molecular weight is 333 g/mol. The molecule has 0 aromatic carbocycles. The van der Waals surface area contributed by atoms with E-state index in [0.29, 0.717) is 24.2 Å². The molecular weight excluding hydrogens is 306 g/mol. The minimum atomic E-state index is -1.16. The number of aliphatic hydroxyl groups is 1. The highest BCUT2D eigenvalue weighted by molar-refractivity contribution is 5.76. The molecule has 0 spiro atoms. The highest BCUT2D eigenvalue weighted by atomic mass is 16.3. The average Bonchev–Trinajstić information content (AvgIpc) is 2.95. The van der Waals surface area contributed by atoms with Crippen LogP contribution in [0.4, 0.5) is 0 Å². The second kappa shape index (κ2) is 6.81. The van der Waals surface area contributed by atoms with Crippen LogP contribution in [0.3, 0.4) is 0 Å². The number of rotatable bonds is 6. The Labute approximate surface area is 142 Å². The lowest BCUT2D eigenvalue weighted by Gasteiger charge is -2.23. The number of nitrogens with zero attached hydrogens (tertiary/aromatic N) is 2. The van der Waals surface area contributed by atoms with Crippen molar-refractivity contribution in [2.24, 2.45) is 7.05 Å². The first-order valence-corrected chi connectivity index (χ1v) is 8.17. The molecule has 0 saturated carbocycles. The van der Waals surface area contributed by atoms with E-state index in [1.54, 1.807) is 6.92 Å². The van der Waals surface area contributed by atoms with Crippen molar-refractivity contribution in [3.05, 3.63) is 40.1 Å². The third-order valence-corrected chi connectivity index (χ3v) is 4.51. The van der Waals surface area contributed by atoms with Gasteiger partial charge in [-0.25, -0.2) is 0 Å². The second-order valence-corrected chi connectivity index (χ2v) is 6.65. The van der Waals surface area contributed by atoms with Gasteiger partial charge in [0, 0.05) is 24.7 Å². The predicted molar refractivity (Wildman–Crippen MR) is 91.8 cm³/mol. The monoisotopic (exact) mass is 333 g/mol. The van der Waals surface area contributed by atoms with E-state index in [1.165, 1.54) is 0 Å². The number of carbonyl (C=O) groups is 1. The molecule has 1 amide bonds. The van der Waals surface area contributed by atoms with Gasteiger partial charge in [0.2, 0.25) is 5.91 Å². The van der Waals surface area contributed by atoms with Gasteiger partial charge in [-0.2, -0.15) is 5.10 Å². The highest BCUT2D eigenvalue weighted by Crippen LogP contribution is 2.26. The van der Waals surface area contributed by atoms with Crippen LogP contribution in [0.25, 0.3) is 0 Å². The van der Waals surface area contributed by atoms with Gasteiger partial charge in [0.15, 0.2) is 0 Å². The van der Waals surface area contributed by atoms with Crippen LogP contribution in [-0.2, 0) is 23.9 Å². The Morgan fingerprint density at radius 1 is 1.38 bits per heavy atom. The van der Waals surface area contributed by atoms with Crippen molar-refractivity contribution >= 4 is 5.91 Å². The van der Waals surface area contributed by atoms with Crippen molar-refractivity contribution in [1.82, 2.24) is 15.1 Å². The van der Waals surface area contributed by atoms with E-state index in [1.807, 2.05) is 45.5 Å². The van der Waals surface area contributed by atoms with Crippen LogP contribution in [0.15, 0.2) is 10.5 Å². The fraction of sp³-hybridized carbons (Fsp3) is 0.556. The highest BCUT2D eigenvalue weighted by Gasteiger charge is 2.28. The summed E-state index contributed by atoms with van der Waals surface area (Å²) in [7, 11) is 1.90. The summed E-state index contributed by atoms with van der Waals surface area (Å²) < 4.78 is 7.29. The number of aromatic nitrogens is 2.